The molecule has 0 saturated carbocycles. The topological polar surface area (TPSA) is 93.5 Å². The Labute approximate surface area is 197 Å². The zero-order valence-corrected chi connectivity index (χ0v) is 18.8. The number of rotatable bonds is 9. The van der Waals surface area contributed by atoms with E-state index in [1.165, 1.54) is 7.11 Å². The molecule has 0 unspecified atom stereocenters. The van der Waals surface area contributed by atoms with Gasteiger partial charge in [-0.2, -0.15) is 0 Å². The number of nitrogens with one attached hydrogen (secondary N) is 2. The summed E-state index contributed by atoms with van der Waals surface area (Å²) >= 11 is 0. The van der Waals surface area contributed by atoms with Gasteiger partial charge >= 0.3 is 0 Å². The Morgan fingerprint density at radius 1 is 0.794 bits per heavy atom. The van der Waals surface area contributed by atoms with Crippen LogP contribution in [-0.4, -0.2) is 30.5 Å². The first-order valence-electron chi connectivity index (χ1n) is 10.9. The first-order chi connectivity index (χ1) is 16.6. The molecule has 7 heteroatoms. The average Bonchev–Trinajstić information content (AvgIpc) is 3.30. The Balaban J connectivity index is 1.41. The number of nitrogens with zero attached hydrogens (tertiary/aromatic N) is 1. The summed E-state index contributed by atoms with van der Waals surface area (Å²) in [6, 6.07) is 26.6. The van der Waals surface area contributed by atoms with E-state index in [4.69, 9.17) is 14.1 Å². The van der Waals surface area contributed by atoms with E-state index < -0.39 is 0 Å². The van der Waals surface area contributed by atoms with Gasteiger partial charge in [-0.3, -0.25) is 9.59 Å². The highest BCUT2D eigenvalue weighted by atomic mass is 16.5. The van der Waals surface area contributed by atoms with Crippen molar-refractivity contribution in [1.29, 1.82) is 0 Å². The largest absolute Gasteiger partial charge is 0.440 e. The van der Waals surface area contributed by atoms with E-state index in [0.29, 0.717) is 29.4 Å². The number of amides is 2. The predicted octanol–water partition coefficient (Wildman–Crippen LogP) is 5.16. The van der Waals surface area contributed by atoms with Crippen molar-refractivity contribution >= 4 is 23.2 Å². The van der Waals surface area contributed by atoms with E-state index in [-0.39, 0.29) is 24.8 Å². The molecular weight excluding hydrogens is 430 g/mol. The number of aryl methyl sites for hydroxylation is 1. The fourth-order valence-electron chi connectivity index (χ4n) is 3.46. The summed E-state index contributed by atoms with van der Waals surface area (Å²) in [6.45, 7) is -0.0166. The van der Waals surface area contributed by atoms with Crippen molar-refractivity contribution in [2.75, 3.05) is 24.4 Å². The van der Waals surface area contributed by atoms with Gasteiger partial charge in [-0.15, -0.1) is 0 Å². The predicted molar refractivity (Wildman–Crippen MR) is 131 cm³/mol. The third-order valence-corrected chi connectivity index (χ3v) is 5.05. The number of benzene rings is 3. The molecule has 0 radical (unpaired) electrons. The van der Waals surface area contributed by atoms with E-state index in [2.05, 4.69) is 10.6 Å². The molecule has 0 fully saturated rings. The van der Waals surface area contributed by atoms with Gasteiger partial charge in [-0.05, 0) is 24.3 Å². The standard InChI is InChI=1S/C27H25N3O4/c1-33-18-24(32)29-22-14-12-21(13-15-22)28-23(31)16-17-25-30-26(19-8-4-2-5-9-19)27(34-25)20-10-6-3-7-11-20/h2-15H,16-18H2,1H3,(H,28,31)(H,29,32). The second-order valence-electron chi connectivity index (χ2n) is 7.62. The lowest BCUT2D eigenvalue weighted by Crippen LogP contribution is -2.17. The highest BCUT2D eigenvalue weighted by Gasteiger charge is 2.17. The molecule has 0 aliphatic carbocycles. The summed E-state index contributed by atoms with van der Waals surface area (Å²) in [7, 11) is 1.46. The van der Waals surface area contributed by atoms with Crippen LogP contribution >= 0.6 is 0 Å². The molecule has 0 atom stereocenters. The van der Waals surface area contributed by atoms with Crippen molar-refractivity contribution in [3.05, 3.63) is 90.8 Å². The molecule has 0 aliphatic rings. The molecule has 172 valence electrons. The molecule has 2 N–H and O–H groups in total. The molecule has 4 rings (SSSR count). The van der Waals surface area contributed by atoms with Gasteiger partial charge in [0.1, 0.15) is 12.3 Å². The number of carbonyl (C=O) groups is 2. The molecule has 1 heterocycles. The zero-order valence-electron chi connectivity index (χ0n) is 18.8. The number of carbonyl (C=O) groups excluding carboxylic acids is 2. The van der Waals surface area contributed by atoms with Gasteiger partial charge in [0, 0.05) is 42.5 Å². The quantitative estimate of drug-likeness (QED) is 0.363. The Morgan fingerprint density at radius 2 is 1.35 bits per heavy atom. The number of anilines is 2. The molecular formula is C27H25N3O4. The number of ether oxygens (including phenoxy) is 1. The van der Waals surface area contributed by atoms with Crippen molar-refractivity contribution in [1.82, 2.24) is 4.98 Å². The van der Waals surface area contributed by atoms with Crippen LogP contribution in [0.15, 0.2) is 89.3 Å². The minimum atomic E-state index is -0.241. The Morgan fingerprint density at radius 3 is 1.94 bits per heavy atom. The SMILES string of the molecule is COCC(=O)Nc1ccc(NC(=O)CCc2nc(-c3ccccc3)c(-c3ccccc3)o2)cc1. The maximum Gasteiger partial charge on any atom is 0.250 e. The molecule has 1 aromatic heterocycles. The van der Waals surface area contributed by atoms with Crippen LogP contribution in [-0.2, 0) is 20.7 Å². The normalized spacial score (nSPS) is 10.6. The molecule has 7 nitrogen and oxygen atoms in total. The number of oxazole rings is 1. The monoisotopic (exact) mass is 455 g/mol. The highest BCUT2D eigenvalue weighted by Crippen LogP contribution is 2.32. The number of methoxy groups -OCH3 is 1. The molecule has 3 aromatic carbocycles. The lowest BCUT2D eigenvalue weighted by molar-refractivity contribution is -0.119. The summed E-state index contributed by atoms with van der Waals surface area (Å²) in [5, 5.41) is 5.56. The van der Waals surface area contributed by atoms with Crippen LogP contribution in [0.2, 0.25) is 0 Å². The van der Waals surface area contributed by atoms with Crippen LogP contribution in [0, 0.1) is 0 Å². The summed E-state index contributed by atoms with van der Waals surface area (Å²) < 4.78 is 10.9. The fourth-order valence-corrected chi connectivity index (χ4v) is 3.46. The molecule has 2 amide bonds. The van der Waals surface area contributed by atoms with Gasteiger partial charge in [-0.1, -0.05) is 60.7 Å². The smallest absolute Gasteiger partial charge is 0.250 e. The van der Waals surface area contributed by atoms with Crippen LogP contribution in [0.4, 0.5) is 11.4 Å². The maximum absolute atomic E-state index is 12.5. The Kier molecular flexibility index (Phi) is 7.47. The second-order valence-corrected chi connectivity index (χ2v) is 7.62. The van der Waals surface area contributed by atoms with E-state index in [1.54, 1.807) is 24.3 Å². The molecule has 0 aliphatic heterocycles. The second kappa shape index (κ2) is 11.1. The Hall–Kier alpha value is -4.23. The van der Waals surface area contributed by atoms with Gasteiger partial charge in [0.15, 0.2) is 11.7 Å². The van der Waals surface area contributed by atoms with Crippen molar-refractivity contribution in [3.8, 4) is 22.6 Å². The highest BCUT2D eigenvalue weighted by molar-refractivity contribution is 5.93. The van der Waals surface area contributed by atoms with E-state index in [0.717, 1.165) is 16.8 Å². The summed E-state index contributed by atoms with van der Waals surface area (Å²) in [4.78, 5) is 28.8. The van der Waals surface area contributed by atoms with E-state index >= 15 is 0 Å². The third-order valence-electron chi connectivity index (χ3n) is 5.05. The van der Waals surface area contributed by atoms with Crippen LogP contribution in [0.3, 0.4) is 0 Å². The van der Waals surface area contributed by atoms with Crippen LogP contribution < -0.4 is 10.6 Å². The Bertz CT molecular complexity index is 1180. The van der Waals surface area contributed by atoms with Gasteiger partial charge in [0.05, 0.1) is 0 Å². The fraction of sp³-hybridized carbons (Fsp3) is 0.148. The lowest BCUT2D eigenvalue weighted by atomic mass is 10.1. The van der Waals surface area contributed by atoms with Crippen molar-refractivity contribution < 1.29 is 18.7 Å². The van der Waals surface area contributed by atoms with Gasteiger partial charge in [0.2, 0.25) is 11.8 Å². The van der Waals surface area contributed by atoms with E-state index in [1.807, 2.05) is 60.7 Å². The number of aromatic nitrogens is 1. The minimum absolute atomic E-state index is 0.0166. The first-order valence-corrected chi connectivity index (χ1v) is 10.9. The van der Waals surface area contributed by atoms with E-state index in [9.17, 15) is 9.59 Å². The molecule has 0 bridgehead atoms. The van der Waals surface area contributed by atoms with Crippen molar-refractivity contribution in [2.24, 2.45) is 0 Å². The molecule has 0 saturated heterocycles. The minimum Gasteiger partial charge on any atom is -0.440 e. The molecule has 34 heavy (non-hydrogen) atoms. The van der Waals surface area contributed by atoms with Gasteiger partial charge in [-0.25, -0.2) is 4.98 Å². The first kappa shape index (κ1) is 22.9. The molecule has 4 aromatic rings. The van der Waals surface area contributed by atoms with Crippen molar-refractivity contribution in [3.63, 3.8) is 0 Å². The summed E-state index contributed by atoms with van der Waals surface area (Å²) in [6.07, 6.45) is 0.582. The maximum atomic E-state index is 12.5. The summed E-state index contributed by atoms with van der Waals surface area (Å²) in [5.74, 6) is 0.796. The average molecular weight is 456 g/mol. The van der Waals surface area contributed by atoms with Gasteiger partial charge < -0.3 is 19.8 Å². The van der Waals surface area contributed by atoms with Crippen molar-refractivity contribution in [2.45, 2.75) is 12.8 Å². The van der Waals surface area contributed by atoms with Gasteiger partial charge in [0.25, 0.3) is 0 Å². The van der Waals surface area contributed by atoms with Crippen LogP contribution in [0.25, 0.3) is 22.6 Å². The third kappa shape index (κ3) is 5.96. The van der Waals surface area contributed by atoms with Crippen LogP contribution in [0.1, 0.15) is 12.3 Å². The number of hydrogen-bond donors (Lipinski definition) is 2. The summed E-state index contributed by atoms with van der Waals surface area (Å²) in [5.41, 5.74) is 3.91. The van der Waals surface area contributed by atoms with Crippen LogP contribution in [0.5, 0.6) is 0 Å². The lowest BCUT2D eigenvalue weighted by Gasteiger charge is -2.07. The number of hydrogen-bond acceptors (Lipinski definition) is 5. The zero-order chi connectivity index (χ0) is 23.8. The molecule has 0 spiro atoms.